The zero-order chi connectivity index (χ0) is 9.45. The minimum absolute atomic E-state index is 0.562. The average molecular weight is 172 g/mol. The van der Waals surface area contributed by atoms with Gasteiger partial charge in [-0.05, 0) is 12.8 Å². The van der Waals surface area contributed by atoms with E-state index in [0.717, 1.165) is 12.8 Å². The third-order valence-electron chi connectivity index (χ3n) is 1.60. The zero-order valence-electron chi connectivity index (χ0n) is 7.20. The molecule has 0 aromatic heterocycles. The molecule has 0 radical (unpaired) electrons. The molecule has 0 unspecified atom stereocenters. The molecule has 0 bridgehead atoms. The third-order valence-corrected chi connectivity index (χ3v) is 1.60. The van der Waals surface area contributed by atoms with Crippen LogP contribution in [0.2, 0.25) is 0 Å². The molecule has 0 spiro atoms. The van der Waals surface area contributed by atoms with Crippen molar-refractivity contribution in [2.45, 2.75) is 31.5 Å². The Kier molecular flexibility index (Phi) is 5.41. The van der Waals surface area contributed by atoms with Crippen LogP contribution in [0.3, 0.4) is 0 Å². The Balaban J connectivity index is 0.000000217. The Hall–Kier alpha value is -0.800. The van der Waals surface area contributed by atoms with Crippen LogP contribution in [-0.2, 0) is 4.74 Å². The second kappa shape index (κ2) is 5.80. The summed E-state index contributed by atoms with van der Waals surface area (Å²) in [7, 11) is 0. The summed E-state index contributed by atoms with van der Waals surface area (Å²) < 4.78 is 4.36. The van der Waals surface area contributed by atoms with Crippen molar-refractivity contribution in [3.05, 3.63) is 25.7 Å². The van der Waals surface area contributed by atoms with Crippen LogP contribution in [-0.4, -0.2) is 16.0 Å². The quantitative estimate of drug-likeness (QED) is 0.490. The molecular weight excluding hydrogens is 156 g/mol. The van der Waals surface area contributed by atoms with Gasteiger partial charge in [-0.1, -0.05) is 13.2 Å². The molecule has 2 N–H and O–H groups in total. The highest BCUT2D eigenvalue weighted by atomic mass is 16.5. The van der Waals surface area contributed by atoms with Crippen LogP contribution in [0.1, 0.15) is 25.7 Å². The summed E-state index contributed by atoms with van der Waals surface area (Å²) >= 11 is 0. The van der Waals surface area contributed by atoms with Crippen LogP contribution in [0.25, 0.3) is 0 Å². The van der Waals surface area contributed by atoms with Gasteiger partial charge in [-0.25, -0.2) is 0 Å². The molecule has 0 aliphatic heterocycles. The number of hydrogen-bond acceptors (Lipinski definition) is 3. The van der Waals surface area contributed by atoms with Crippen molar-refractivity contribution in [1.29, 1.82) is 0 Å². The van der Waals surface area contributed by atoms with Crippen molar-refractivity contribution >= 4 is 0 Å². The lowest BCUT2D eigenvalue weighted by Crippen LogP contribution is -2.21. The van der Waals surface area contributed by atoms with Gasteiger partial charge in [-0.15, -0.1) is 0 Å². The van der Waals surface area contributed by atoms with Crippen molar-refractivity contribution in [2.75, 3.05) is 0 Å². The summed E-state index contributed by atoms with van der Waals surface area (Å²) in [4.78, 5) is 0. The van der Waals surface area contributed by atoms with Gasteiger partial charge < -0.3 is 14.9 Å². The van der Waals surface area contributed by atoms with Gasteiger partial charge in [-0.3, -0.25) is 0 Å². The fourth-order valence-electron chi connectivity index (χ4n) is 1.01. The summed E-state index contributed by atoms with van der Waals surface area (Å²) in [5, 5.41) is 17.5. The molecule has 70 valence electrons. The fourth-order valence-corrected chi connectivity index (χ4v) is 1.01. The van der Waals surface area contributed by atoms with E-state index in [1.165, 1.54) is 12.5 Å². The van der Waals surface area contributed by atoms with Crippen LogP contribution in [0.5, 0.6) is 0 Å². The molecule has 3 nitrogen and oxygen atoms in total. The molecular formula is C9H16O3. The van der Waals surface area contributed by atoms with Crippen molar-refractivity contribution < 1.29 is 14.9 Å². The molecule has 0 aromatic carbocycles. The highest BCUT2D eigenvalue weighted by Gasteiger charge is 2.26. The maximum absolute atomic E-state index is 8.75. The second-order valence-electron chi connectivity index (χ2n) is 2.66. The van der Waals surface area contributed by atoms with Crippen LogP contribution in [0, 0.1) is 0 Å². The fraction of sp³-hybridized carbons (Fsp3) is 0.556. The lowest BCUT2D eigenvalue weighted by atomic mass is 10.2. The number of hydrogen-bond donors (Lipinski definition) is 2. The molecule has 1 fully saturated rings. The Morgan fingerprint density at radius 2 is 1.50 bits per heavy atom. The van der Waals surface area contributed by atoms with Gasteiger partial charge in [-0.2, -0.15) is 0 Å². The van der Waals surface area contributed by atoms with E-state index in [4.69, 9.17) is 10.2 Å². The Morgan fingerprint density at radius 1 is 1.08 bits per heavy atom. The topological polar surface area (TPSA) is 49.7 Å². The molecule has 0 aromatic rings. The Labute approximate surface area is 73.0 Å². The van der Waals surface area contributed by atoms with Gasteiger partial charge in [0.1, 0.15) is 0 Å². The molecule has 12 heavy (non-hydrogen) atoms. The monoisotopic (exact) mass is 172 g/mol. The van der Waals surface area contributed by atoms with Crippen molar-refractivity contribution in [3.63, 3.8) is 0 Å². The van der Waals surface area contributed by atoms with E-state index >= 15 is 0 Å². The number of ether oxygens (including phenoxy) is 1. The molecule has 1 aliphatic carbocycles. The summed E-state index contributed by atoms with van der Waals surface area (Å²) in [5.41, 5.74) is 0. The molecule has 1 rings (SSSR count). The first-order valence-corrected chi connectivity index (χ1v) is 3.94. The highest BCUT2D eigenvalue weighted by Crippen LogP contribution is 2.25. The molecule has 3 heteroatoms. The van der Waals surface area contributed by atoms with Crippen molar-refractivity contribution in [1.82, 2.24) is 0 Å². The molecule has 0 saturated heterocycles. The zero-order valence-corrected chi connectivity index (χ0v) is 7.20. The maximum atomic E-state index is 8.75. The van der Waals surface area contributed by atoms with Gasteiger partial charge in [0.05, 0.1) is 12.5 Å². The minimum Gasteiger partial charge on any atom is -0.474 e. The van der Waals surface area contributed by atoms with E-state index in [-0.39, 0.29) is 0 Å². The van der Waals surface area contributed by atoms with Crippen LogP contribution < -0.4 is 0 Å². The maximum Gasteiger partial charge on any atom is 0.162 e. The van der Waals surface area contributed by atoms with Gasteiger partial charge >= 0.3 is 0 Å². The van der Waals surface area contributed by atoms with Gasteiger partial charge in [0.2, 0.25) is 0 Å². The third kappa shape index (κ3) is 5.95. The van der Waals surface area contributed by atoms with Crippen molar-refractivity contribution in [3.8, 4) is 0 Å². The lowest BCUT2D eigenvalue weighted by Gasteiger charge is -2.11. The first kappa shape index (κ1) is 11.2. The lowest BCUT2D eigenvalue weighted by molar-refractivity contribution is -0.152. The van der Waals surface area contributed by atoms with E-state index in [9.17, 15) is 0 Å². The number of rotatable bonds is 2. The normalized spacial score (nSPS) is 18.8. The second-order valence-corrected chi connectivity index (χ2v) is 2.66. The van der Waals surface area contributed by atoms with Crippen LogP contribution in [0.15, 0.2) is 25.7 Å². The van der Waals surface area contributed by atoms with E-state index < -0.39 is 5.79 Å². The summed E-state index contributed by atoms with van der Waals surface area (Å²) in [5.74, 6) is -1.31. The van der Waals surface area contributed by atoms with E-state index in [2.05, 4.69) is 17.9 Å². The SMILES string of the molecule is C=COC=C.OC1(O)CCCC1. The van der Waals surface area contributed by atoms with Gasteiger partial charge in [0.15, 0.2) is 5.79 Å². The highest BCUT2D eigenvalue weighted by molar-refractivity contribution is 4.71. The predicted molar refractivity (Wildman–Crippen MR) is 47.1 cm³/mol. The summed E-state index contributed by atoms with van der Waals surface area (Å²) in [6.45, 7) is 6.51. The van der Waals surface area contributed by atoms with Gasteiger partial charge in [0.25, 0.3) is 0 Å². The average Bonchev–Trinajstić information content (AvgIpc) is 2.37. The minimum atomic E-state index is -1.31. The Bertz CT molecular complexity index is 127. The van der Waals surface area contributed by atoms with Crippen LogP contribution >= 0.6 is 0 Å². The summed E-state index contributed by atoms with van der Waals surface area (Å²) in [6.07, 6.45) is 5.68. The van der Waals surface area contributed by atoms with Crippen LogP contribution in [0.4, 0.5) is 0 Å². The standard InChI is InChI=1S/C5H10O2.C4H6O/c6-5(7)3-1-2-4-5;1-3-5-4-2/h6-7H,1-4H2;3-4H,1-2H2. The van der Waals surface area contributed by atoms with E-state index in [0.29, 0.717) is 12.8 Å². The van der Waals surface area contributed by atoms with E-state index in [1.807, 2.05) is 0 Å². The summed E-state index contributed by atoms with van der Waals surface area (Å²) in [6, 6.07) is 0. The smallest absolute Gasteiger partial charge is 0.162 e. The van der Waals surface area contributed by atoms with Crippen molar-refractivity contribution in [2.24, 2.45) is 0 Å². The largest absolute Gasteiger partial charge is 0.474 e. The molecule has 0 atom stereocenters. The Morgan fingerprint density at radius 3 is 1.58 bits per heavy atom. The predicted octanol–water partition coefficient (Wildman–Crippen LogP) is 1.53. The van der Waals surface area contributed by atoms with Gasteiger partial charge in [0, 0.05) is 12.8 Å². The molecule has 1 saturated carbocycles. The van der Waals surface area contributed by atoms with E-state index in [1.54, 1.807) is 0 Å². The first-order chi connectivity index (χ1) is 5.62. The first-order valence-electron chi connectivity index (χ1n) is 3.94. The molecule has 0 amide bonds. The number of aliphatic hydroxyl groups is 2. The molecule has 1 aliphatic rings. The molecule has 0 heterocycles.